The lowest BCUT2D eigenvalue weighted by Gasteiger charge is -2.26. The van der Waals surface area contributed by atoms with Crippen LogP contribution < -0.4 is 20.3 Å². The van der Waals surface area contributed by atoms with Gasteiger partial charge in [0.1, 0.15) is 0 Å². The maximum absolute atomic E-state index is 12.9. The Hall–Kier alpha value is -3.84. The molecule has 4 aromatic rings. The Kier molecular flexibility index (Phi) is 5.71. The molecule has 0 saturated carbocycles. The van der Waals surface area contributed by atoms with Crippen LogP contribution in [0.2, 0.25) is 0 Å². The highest BCUT2D eigenvalue weighted by Crippen LogP contribution is 2.33. The SMILES string of the molecule is Cc1ccc2[nH]c(=O)c(CN(Cc3ccc4c(c3)OCO4)C(=S)Nc3ccccc3)cc2c1. The molecule has 6 nitrogen and oxygen atoms in total. The fraction of sp³-hybridized carbons (Fsp3) is 0.154. The molecule has 0 spiro atoms. The summed E-state index contributed by atoms with van der Waals surface area (Å²) in [5.41, 5.74) is 4.38. The van der Waals surface area contributed by atoms with E-state index < -0.39 is 0 Å². The van der Waals surface area contributed by atoms with Crippen molar-refractivity contribution in [3.63, 3.8) is 0 Å². The molecule has 0 bridgehead atoms. The average molecular weight is 458 g/mol. The van der Waals surface area contributed by atoms with E-state index in [2.05, 4.69) is 16.4 Å². The number of pyridine rings is 1. The van der Waals surface area contributed by atoms with Crippen LogP contribution in [0.1, 0.15) is 16.7 Å². The number of thiocarbonyl (C=S) groups is 1. The van der Waals surface area contributed by atoms with Crippen molar-refractivity contribution in [2.24, 2.45) is 0 Å². The van der Waals surface area contributed by atoms with Crippen molar-refractivity contribution in [1.82, 2.24) is 9.88 Å². The normalized spacial score (nSPS) is 12.0. The third-order valence-corrected chi connectivity index (χ3v) is 5.92. The summed E-state index contributed by atoms with van der Waals surface area (Å²) in [7, 11) is 0. The van der Waals surface area contributed by atoms with Gasteiger partial charge in [-0.15, -0.1) is 0 Å². The molecule has 0 atom stereocenters. The van der Waals surface area contributed by atoms with Crippen LogP contribution in [0, 0.1) is 6.92 Å². The van der Waals surface area contributed by atoms with Crippen molar-refractivity contribution in [3.05, 3.63) is 99.8 Å². The summed E-state index contributed by atoms with van der Waals surface area (Å²) in [6.45, 7) is 3.12. The summed E-state index contributed by atoms with van der Waals surface area (Å²) >= 11 is 5.76. The van der Waals surface area contributed by atoms with E-state index in [0.29, 0.717) is 29.5 Å². The van der Waals surface area contributed by atoms with Crippen molar-refractivity contribution >= 4 is 33.9 Å². The number of nitrogens with zero attached hydrogens (tertiary/aromatic N) is 1. The lowest BCUT2D eigenvalue weighted by atomic mass is 10.1. The monoisotopic (exact) mass is 457 g/mol. The number of aromatic nitrogens is 1. The lowest BCUT2D eigenvalue weighted by molar-refractivity contribution is 0.174. The number of nitrogens with one attached hydrogen (secondary N) is 2. The number of anilines is 1. The zero-order chi connectivity index (χ0) is 22.8. The molecule has 0 unspecified atom stereocenters. The van der Waals surface area contributed by atoms with Crippen molar-refractivity contribution < 1.29 is 9.47 Å². The van der Waals surface area contributed by atoms with E-state index in [9.17, 15) is 4.79 Å². The summed E-state index contributed by atoms with van der Waals surface area (Å²) in [5.74, 6) is 1.45. The molecule has 0 saturated heterocycles. The first kappa shape index (κ1) is 21.0. The number of fused-ring (bicyclic) bond motifs is 2. The fourth-order valence-electron chi connectivity index (χ4n) is 3.88. The van der Waals surface area contributed by atoms with Gasteiger partial charge in [-0.3, -0.25) is 4.79 Å². The zero-order valence-electron chi connectivity index (χ0n) is 18.1. The van der Waals surface area contributed by atoms with Gasteiger partial charge in [-0.25, -0.2) is 0 Å². The minimum atomic E-state index is -0.121. The number of rotatable bonds is 5. The molecule has 0 radical (unpaired) electrons. The van der Waals surface area contributed by atoms with Gasteiger partial charge in [0.15, 0.2) is 16.6 Å². The maximum atomic E-state index is 12.9. The third kappa shape index (κ3) is 4.68. The predicted octanol–water partition coefficient (Wildman–Crippen LogP) is 4.96. The molecule has 7 heteroatoms. The molecule has 1 aliphatic rings. The minimum absolute atomic E-state index is 0.121. The highest BCUT2D eigenvalue weighted by molar-refractivity contribution is 7.80. The molecule has 2 N–H and O–H groups in total. The van der Waals surface area contributed by atoms with Crippen molar-refractivity contribution in [3.8, 4) is 11.5 Å². The molecule has 0 fully saturated rings. The van der Waals surface area contributed by atoms with E-state index in [-0.39, 0.29) is 12.4 Å². The van der Waals surface area contributed by atoms with Crippen molar-refractivity contribution in [2.75, 3.05) is 12.1 Å². The quantitative estimate of drug-likeness (QED) is 0.413. The van der Waals surface area contributed by atoms with Crippen molar-refractivity contribution in [2.45, 2.75) is 20.0 Å². The topological polar surface area (TPSA) is 66.6 Å². The molecule has 3 aromatic carbocycles. The van der Waals surface area contributed by atoms with E-state index >= 15 is 0 Å². The molecule has 2 heterocycles. The summed E-state index contributed by atoms with van der Waals surface area (Å²) < 4.78 is 11.0. The van der Waals surface area contributed by atoms with E-state index in [1.807, 2.05) is 78.6 Å². The van der Waals surface area contributed by atoms with Gasteiger partial charge >= 0.3 is 0 Å². The number of ether oxygens (including phenoxy) is 2. The van der Waals surface area contributed by atoms with Gasteiger partial charge in [-0.2, -0.15) is 0 Å². The van der Waals surface area contributed by atoms with E-state index in [1.165, 1.54) is 0 Å². The van der Waals surface area contributed by atoms with E-state index in [0.717, 1.165) is 33.5 Å². The van der Waals surface area contributed by atoms with Gasteiger partial charge in [0.25, 0.3) is 5.56 Å². The van der Waals surface area contributed by atoms with Crippen molar-refractivity contribution in [1.29, 1.82) is 0 Å². The standard InChI is InChI=1S/C26H23N3O3S/c1-17-7-9-22-19(11-17)13-20(25(30)28-22)15-29(26(33)27-21-5-3-2-4-6-21)14-18-8-10-23-24(12-18)32-16-31-23/h2-13H,14-16H2,1H3,(H,27,33)(H,28,30). The molecule has 166 valence electrons. The van der Waals surface area contributed by atoms with Crippen LogP contribution in [0.5, 0.6) is 11.5 Å². The van der Waals surface area contributed by atoms with Gasteiger partial charge in [0.05, 0.1) is 6.54 Å². The molecule has 1 aliphatic heterocycles. The lowest BCUT2D eigenvalue weighted by Crippen LogP contribution is -2.35. The Morgan fingerprint density at radius 3 is 2.67 bits per heavy atom. The Labute approximate surface area is 196 Å². The van der Waals surface area contributed by atoms with Crippen LogP contribution in [-0.4, -0.2) is 21.8 Å². The Bertz CT molecular complexity index is 1380. The zero-order valence-corrected chi connectivity index (χ0v) is 18.9. The van der Waals surface area contributed by atoms with Crippen LogP contribution in [0.25, 0.3) is 10.9 Å². The van der Waals surface area contributed by atoms with E-state index in [1.54, 1.807) is 0 Å². The maximum Gasteiger partial charge on any atom is 0.253 e. The summed E-state index contributed by atoms with van der Waals surface area (Å²) in [4.78, 5) is 17.8. The van der Waals surface area contributed by atoms with Gasteiger partial charge < -0.3 is 24.7 Å². The van der Waals surface area contributed by atoms with Crippen LogP contribution in [0.15, 0.2) is 77.6 Å². The van der Waals surface area contributed by atoms with Crippen LogP contribution in [-0.2, 0) is 13.1 Å². The highest BCUT2D eigenvalue weighted by Gasteiger charge is 2.18. The number of hydrogen-bond acceptors (Lipinski definition) is 4. The second-order valence-electron chi connectivity index (χ2n) is 8.05. The molecular weight excluding hydrogens is 434 g/mol. The molecule has 1 aromatic heterocycles. The second kappa shape index (κ2) is 8.96. The number of H-pyrrole nitrogens is 1. The largest absolute Gasteiger partial charge is 0.454 e. The molecule has 33 heavy (non-hydrogen) atoms. The van der Waals surface area contributed by atoms with Gasteiger partial charge in [-0.1, -0.05) is 35.9 Å². The summed E-state index contributed by atoms with van der Waals surface area (Å²) in [6.07, 6.45) is 0. The Morgan fingerprint density at radius 2 is 1.82 bits per heavy atom. The molecular formula is C26H23N3O3S. The smallest absolute Gasteiger partial charge is 0.253 e. The second-order valence-corrected chi connectivity index (χ2v) is 8.44. The first-order valence-electron chi connectivity index (χ1n) is 10.7. The van der Waals surface area contributed by atoms with Gasteiger partial charge in [0, 0.05) is 23.3 Å². The molecule has 0 aliphatic carbocycles. The van der Waals surface area contributed by atoms with Crippen LogP contribution >= 0.6 is 12.2 Å². The number of aryl methyl sites for hydroxylation is 1. The first-order chi connectivity index (χ1) is 16.0. The summed E-state index contributed by atoms with van der Waals surface area (Å²) in [5, 5.41) is 4.81. The number of para-hydroxylation sites is 1. The highest BCUT2D eigenvalue weighted by atomic mass is 32.1. The predicted molar refractivity (Wildman–Crippen MR) is 134 cm³/mol. The van der Waals surface area contributed by atoms with Gasteiger partial charge in [0.2, 0.25) is 6.79 Å². The molecule has 0 amide bonds. The van der Waals surface area contributed by atoms with E-state index in [4.69, 9.17) is 21.7 Å². The molecule has 5 rings (SSSR count). The Balaban J connectivity index is 1.46. The minimum Gasteiger partial charge on any atom is -0.454 e. The number of benzene rings is 3. The number of aromatic amines is 1. The van der Waals surface area contributed by atoms with Crippen LogP contribution in [0.4, 0.5) is 5.69 Å². The number of hydrogen-bond donors (Lipinski definition) is 2. The fourth-order valence-corrected chi connectivity index (χ4v) is 4.12. The first-order valence-corrected chi connectivity index (χ1v) is 11.1. The van der Waals surface area contributed by atoms with Crippen LogP contribution in [0.3, 0.4) is 0 Å². The summed E-state index contributed by atoms with van der Waals surface area (Å²) in [6, 6.07) is 23.5. The van der Waals surface area contributed by atoms with Gasteiger partial charge in [-0.05, 0) is 72.6 Å². The Morgan fingerprint density at radius 1 is 1.00 bits per heavy atom. The average Bonchev–Trinajstić information content (AvgIpc) is 3.28. The third-order valence-electron chi connectivity index (χ3n) is 5.56.